The van der Waals surface area contributed by atoms with Crippen LogP contribution in [-0.2, 0) is 6.54 Å². The number of anilines is 1. The van der Waals surface area contributed by atoms with E-state index < -0.39 is 0 Å². The highest BCUT2D eigenvalue weighted by Crippen LogP contribution is 2.26. The molecule has 0 amide bonds. The Morgan fingerprint density at radius 1 is 1.45 bits per heavy atom. The number of ether oxygens (including phenoxy) is 1. The van der Waals surface area contributed by atoms with Crippen LogP contribution in [0.4, 0.5) is 5.95 Å². The summed E-state index contributed by atoms with van der Waals surface area (Å²) in [6.07, 6.45) is 2.52. The average Bonchev–Trinajstić information content (AvgIpc) is 3.03. The van der Waals surface area contributed by atoms with Crippen molar-refractivity contribution in [3.63, 3.8) is 0 Å². The van der Waals surface area contributed by atoms with E-state index in [0.717, 1.165) is 29.9 Å². The van der Waals surface area contributed by atoms with Crippen LogP contribution in [0.25, 0.3) is 11.0 Å². The standard InChI is InChI=1S/C15H22N4O/c1-3-18-8-4-5-11(18)10-19-14-7-6-12(20-2)9-13(14)17-15(19)16/h6-7,9,11H,3-5,8,10H2,1-2H3,(H2,16,17). The van der Waals surface area contributed by atoms with Crippen molar-refractivity contribution >= 4 is 17.0 Å². The number of aromatic nitrogens is 2. The van der Waals surface area contributed by atoms with Crippen LogP contribution in [-0.4, -0.2) is 40.7 Å². The number of hydrogen-bond donors (Lipinski definition) is 1. The van der Waals surface area contributed by atoms with E-state index in [4.69, 9.17) is 10.5 Å². The van der Waals surface area contributed by atoms with Gasteiger partial charge in [-0.3, -0.25) is 4.90 Å². The van der Waals surface area contributed by atoms with E-state index in [9.17, 15) is 0 Å². The molecule has 1 fully saturated rings. The van der Waals surface area contributed by atoms with E-state index >= 15 is 0 Å². The molecule has 1 aliphatic heterocycles. The molecule has 1 unspecified atom stereocenters. The van der Waals surface area contributed by atoms with Gasteiger partial charge in [-0.15, -0.1) is 0 Å². The van der Waals surface area contributed by atoms with Gasteiger partial charge in [0.25, 0.3) is 0 Å². The number of nitrogens with two attached hydrogens (primary N) is 1. The Labute approximate surface area is 119 Å². The summed E-state index contributed by atoms with van der Waals surface area (Å²) in [5.41, 5.74) is 8.10. The number of nitrogens with zero attached hydrogens (tertiary/aromatic N) is 3. The molecule has 5 heteroatoms. The maximum absolute atomic E-state index is 6.10. The zero-order valence-corrected chi connectivity index (χ0v) is 12.2. The van der Waals surface area contributed by atoms with Crippen molar-refractivity contribution in [3.8, 4) is 5.75 Å². The number of fused-ring (bicyclic) bond motifs is 1. The van der Waals surface area contributed by atoms with Gasteiger partial charge in [-0.25, -0.2) is 4.98 Å². The first kappa shape index (κ1) is 13.2. The first-order chi connectivity index (χ1) is 9.72. The quantitative estimate of drug-likeness (QED) is 0.927. The van der Waals surface area contributed by atoms with Crippen LogP contribution in [0.3, 0.4) is 0 Å². The number of likely N-dealkylation sites (N-methyl/N-ethyl adjacent to an activating group) is 1. The number of benzene rings is 1. The number of methoxy groups -OCH3 is 1. The lowest BCUT2D eigenvalue weighted by Gasteiger charge is -2.23. The molecule has 2 N–H and O–H groups in total. The predicted molar refractivity (Wildman–Crippen MR) is 81.0 cm³/mol. The molecule has 0 spiro atoms. The van der Waals surface area contributed by atoms with Gasteiger partial charge in [0, 0.05) is 18.7 Å². The molecule has 0 radical (unpaired) electrons. The summed E-state index contributed by atoms with van der Waals surface area (Å²) in [4.78, 5) is 6.98. The van der Waals surface area contributed by atoms with Crippen LogP contribution >= 0.6 is 0 Å². The molecule has 1 aromatic carbocycles. The number of rotatable bonds is 4. The molecule has 0 saturated carbocycles. The third-order valence-electron chi connectivity index (χ3n) is 4.28. The second-order valence-corrected chi connectivity index (χ2v) is 5.36. The molecule has 0 bridgehead atoms. The summed E-state index contributed by atoms with van der Waals surface area (Å²) in [5.74, 6) is 1.41. The zero-order valence-electron chi connectivity index (χ0n) is 12.2. The molecular weight excluding hydrogens is 252 g/mol. The molecule has 1 saturated heterocycles. The fourth-order valence-electron chi connectivity index (χ4n) is 3.18. The van der Waals surface area contributed by atoms with Crippen LogP contribution < -0.4 is 10.5 Å². The van der Waals surface area contributed by atoms with Gasteiger partial charge in [-0.05, 0) is 38.1 Å². The molecule has 1 aliphatic rings. The Hall–Kier alpha value is -1.75. The summed E-state index contributed by atoms with van der Waals surface area (Å²) in [6.45, 7) is 5.44. The predicted octanol–water partition coefficient (Wildman–Crippen LogP) is 2.11. The van der Waals surface area contributed by atoms with Gasteiger partial charge in [0.15, 0.2) is 0 Å². The summed E-state index contributed by atoms with van der Waals surface area (Å²) < 4.78 is 7.37. The second kappa shape index (κ2) is 5.32. The lowest BCUT2D eigenvalue weighted by molar-refractivity contribution is 0.246. The monoisotopic (exact) mass is 274 g/mol. The lowest BCUT2D eigenvalue weighted by Crippen LogP contribution is -2.32. The minimum atomic E-state index is 0.571. The van der Waals surface area contributed by atoms with Gasteiger partial charge >= 0.3 is 0 Å². The number of hydrogen-bond acceptors (Lipinski definition) is 4. The van der Waals surface area contributed by atoms with Crippen LogP contribution in [0.1, 0.15) is 19.8 Å². The summed E-state index contributed by atoms with van der Waals surface area (Å²) in [6, 6.07) is 6.52. The van der Waals surface area contributed by atoms with Gasteiger partial charge in [0.05, 0.1) is 18.1 Å². The molecule has 2 aromatic rings. The van der Waals surface area contributed by atoms with Crippen molar-refractivity contribution in [3.05, 3.63) is 18.2 Å². The largest absolute Gasteiger partial charge is 0.497 e. The van der Waals surface area contributed by atoms with Gasteiger partial charge in [-0.2, -0.15) is 0 Å². The molecule has 108 valence electrons. The van der Waals surface area contributed by atoms with Gasteiger partial charge < -0.3 is 15.0 Å². The molecule has 1 atom stereocenters. The molecule has 5 nitrogen and oxygen atoms in total. The van der Waals surface area contributed by atoms with E-state index in [1.165, 1.54) is 19.4 Å². The van der Waals surface area contributed by atoms with Gasteiger partial charge in [0.2, 0.25) is 5.95 Å². The summed E-state index contributed by atoms with van der Waals surface area (Å²) in [5, 5.41) is 0. The smallest absolute Gasteiger partial charge is 0.201 e. The first-order valence-electron chi connectivity index (χ1n) is 7.26. The van der Waals surface area contributed by atoms with Crippen LogP contribution in [0.15, 0.2) is 18.2 Å². The lowest BCUT2D eigenvalue weighted by atomic mass is 10.2. The highest BCUT2D eigenvalue weighted by molar-refractivity contribution is 5.79. The van der Waals surface area contributed by atoms with E-state index in [1.54, 1.807) is 7.11 Å². The van der Waals surface area contributed by atoms with Crippen LogP contribution in [0.2, 0.25) is 0 Å². The molecule has 20 heavy (non-hydrogen) atoms. The number of likely N-dealkylation sites (tertiary alicyclic amines) is 1. The average molecular weight is 274 g/mol. The van der Waals surface area contributed by atoms with Crippen molar-refractivity contribution in [2.24, 2.45) is 0 Å². The third-order valence-corrected chi connectivity index (χ3v) is 4.28. The van der Waals surface area contributed by atoms with Crippen molar-refractivity contribution in [1.82, 2.24) is 14.5 Å². The van der Waals surface area contributed by atoms with Gasteiger partial charge in [0.1, 0.15) is 5.75 Å². The molecule has 3 rings (SSSR count). The van der Waals surface area contributed by atoms with Crippen molar-refractivity contribution in [2.75, 3.05) is 25.9 Å². The normalized spacial score (nSPS) is 19.8. The topological polar surface area (TPSA) is 56.3 Å². The van der Waals surface area contributed by atoms with Crippen molar-refractivity contribution < 1.29 is 4.74 Å². The Morgan fingerprint density at radius 2 is 2.30 bits per heavy atom. The minimum Gasteiger partial charge on any atom is -0.497 e. The van der Waals surface area contributed by atoms with Crippen molar-refractivity contribution in [1.29, 1.82) is 0 Å². The Kier molecular flexibility index (Phi) is 3.53. The van der Waals surface area contributed by atoms with Crippen LogP contribution in [0.5, 0.6) is 5.75 Å². The minimum absolute atomic E-state index is 0.571. The maximum Gasteiger partial charge on any atom is 0.201 e. The van der Waals surface area contributed by atoms with E-state index in [2.05, 4.69) is 21.4 Å². The van der Waals surface area contributed by atoms with Crippen molar-refractivity contribution in [2.45, 2.75) is 32.4 Å². The Balaban J connectivity index is 1.93. The molecule has 2 heterocycles. The SMILES string of the molecule is CCN1CCCC1Cn1c(N)nc2cc(OC)ccc21. The van der Waals surface area contributed by atoms with E-state index in [0.29, 0.717) is 12.0 Å². The maximum atomic E-state index is 6.10. The zero-order chi connectivity index (χ0) is 14.1. The molecular formula is C15H22N4O. The Morgan fingerprint density at radius 3 is 3.05 bits per heavy atom. The van der Waals surface area contributed by atoms with Gasteiger partial charge in [-0.1, -0.05) is 6.92 Å². The fourth-order valence-corrected chi connectivity index (χ4v) is 3.18. The molecule has 0 aliphatic carbocycles. The number of imidazole rings is 1. The van der Waals surface area contributed by atoms with E-state index in [-0.39, 0.29) is 0 Å². The summed E-state index contributed by atoms with van der Waals surface area (Å²) in [7, 11) is 1.67. The highest BCUT2D eigenvalue weighted by Gasteiger charge is 2.24. The second-order valence-electron chi connectivity index (χ2n) is 5.36. The summed E-state index contributed by atoms with van der Waals surface area (Å²) >= 11 is 0. The first-order valence-corrected chi connectivity index (χ1v) is 7.26. The third kappa shape index (κ3) is 2.22. The van der Waals surface area contributed by atoms with Crippen LogP contribution in [0, 0.1) is 0 Å². The Bertz CT molecular complexity index is 607. The number of nitrogen functional groups attached to an aromatic ring is 1. The highest BCUT2D eigenvalue weighted by atomic mass is 16.5. The van der Waals surface area contributed by atoms with E-state index in [1.807, 2.05) is 18.2 Å². The fraction of sp³-hybridized carbons (Fsp3) is 0.533. The molecule has 1 aromatic heterocycles.